The highest BCUT2D eigenvalue weighted by atomic mass is 32.2. The number of thioether (sulfide) groups is 1. The quantitative estimate of drug-likeness (QED) is 0.543. The molecule has 10 heteroatoms. The number of fused-ring (bicyclic) bond motifs is 2. The van der Waals surface area contributed by atoms with E-state index in [1.807, 2.05) is 47.8 Å². The maximum atomic E-state index is 13.3. The van der Waals surface area contributed by atoms with Gasteiger partial charge in [-0.3, -0.25) is 14.7 Å². The second-order valence-electron chi connectivity index (χ2n) is 9.42. The van der Waals surface area contributed by atoms with Gasteiger partial charge in [-0.1, -0.05) is 18.7 Å². The lowest BCUT2D eigenvalue weighted by Crippen LogP contribution is -2.45. The Morgan fingerprint density at radius 1 is 1.32 bits per heavy atom. The number of carbonyl (C=O) groups excluding carboxylic acids is 1. The molecular formula is C21H30N4O5S. The van der Waals surface area contributed by atoms with Crippen molar-refractivity contribution in [1.82, 2.24) is 19.9 Å². The molecule has 31 heavy (non-hydrogen) atoms. The van der Waals surface area contributed by atoms with E-state index in [4.69, 9.17) is 14.2 Å². The highest BCUT2D eigenvalue weighted by Gasteiger charge is 2.60. The second-order valence-corrected chi connectivity index (χ2v) is 10.2. The summed E-state index contributed by atoms with van der Waals surface area (Å²) >= 11 is 1.35. The third kappa shape index (κ3) is 3.85. The second kappa shape index (κ2) is 7.53. The number of hydrogen-bond donors (Lipinski definition) is 2. The number of nitrogens with zero attached hydrogens (tertiary/aromatic N) is 2. The van der Waals surface area contributed by atoms with Gasteiger partial charge < -0.3 is 19.2 Å². The van der Waals surface area contributed by atoms with E-state index in [9.17, 15) is 9.59 Å². The van der Waals surface area contributed by atoms with Crippen LogP contribution in [0.25, 0.3) is 11.0 Å². The Morgan fingerprint density at radius 2 is 2.00 bits per heavy atom. The molecule has 2 aliphatic rings. The zero-order valence-corrected chi connectivity index (χ0v) is 19.8. The van der Waals surface area contributed by atoms with Crippen molar-refractivity contribution in [1.29, 1.82) is 0 Å². The molecule has 2 N–H and O–H groups in total. The fraction of sp³-hybridized carbons (Fsp3) is 0.667. The van der Waals surface area contributed by atoms with Crippen molar-refractivity contribution >= 4 is 28.9 Å². The van der Waals surface area contributed by atoms with Gasteiger partial charge in [-0.25, -0.2) is 9.78 Å². The smallest absolute Gasteiger partial charge is 0.411 e. The van der Waals surface area contributed by atoms with Gasteiger partial charge in [0.2, 0.25) is 0 Å². The molecule has 4 rings (SSSR count). The lowest BCUT2D eigenvalue weighted by atomic mass is 10.0. The predicted octanol–water partition coefficient (Wildman–Crippen LogP) is 3.56. The highest BCUT2D eigenvalue weighted by Crippen LogP contribution is 2.49. The van der Waals surface area contributed by atoms with Crippen molar-refractivity contribution in [3.63, 3.8) is 0 Å². The molecule has 170 valence electrons. The van der Waals surface area contributed by atoms with E-state index in [1.165, 1.54) is 11.8 Å². The van der Waals surface area contributed by atoms with E-state index in [2.05, 4.69) is 15.0 Å². The third-order valence-electron chi connectivity index (χ3n) is 5.59. The average Bonchev–Trinajstić information content (AvgIpc) is 3.28. The number of nitrogens with one attached hydrogen (secondary N) is 2. The molecule has 0 radical (unpaired) electrons. The van der Waals surface area contributed by atoms with E-state index in [0.29, 0.717) is 22.6 Å². The molecule has 0 spiro atoms. The van der Waals surface area contributed by atoms with E-state index in [0.717, 1.165) is 5.56 Å². The minimum absolute atomic E-state index is 0.237. The van der Waals surface area contributed by atoms with Crippen LogP contribution in [-0.2, 0) is 14.2 Å². The minimum Gasteiger partial charge on any atom is -0.444 e. The minimum atomic E-state index is -0.775. The first-order valence-electron chi connectivity index (χ1n) is 10.5. The number of H-pyrrole nitrogens is 2. The molecule has 0 saturated carbocycles. The van der Waals surface area contributed by atoms with Gasteiger partial charge in [0.15, 0.2) is 10.9 Å². The molecule has 9 nitrogen and oxygen atoms in total. The molecule has 2 aromatic rings. The summed E-state index contributed by atoms with van der Waals surface area (Å²) in [5, 5.41) is 0.507. The van der Waals surface area contributed by atoms with Crippen LogP contribution in [0.3, 0.4) is 0 Å². The molecule has 0 aromatic carbocycles. The van der Waals surface area contributed by atoms with Gasteiger partial charge >= 0.3 is 6.09 Å². The monoisotopic (exact) mass is 450 g/mol. The zero-order chi connectivity index (χ0) is 22.7. The van der Waals surface area contributed by atoms with Gasteiger partial charge in [-0.05, 0) is 47.3 Å². The number of likely N-dealkylation sites (tertiary alicyclic amines) is 1. The van der Waals surface area contributed by atoms with E-state index >= 15 is 0 Å². The number of rotatable bonds is 3. The Morgan fingerprint density at radius 3 is 2.61 bits per heavy atom. The van der Waals surface area contributed by atoms with Crippen LogP contribution in [-0.4, -0.2) is 61.8 Å². The van der Waals surface area contributed by atoms with Gasteiger partial charge in [0.1, 0.15) is 28.8 Å². The SMILES string of the molecule is CC[C@@H]1[C@H]2OC(C)(C)O[C@H]2[C@H](c2c[nH]c3c(=O)[nH]c(SC)nc23)N1C(=O)OC(C)(C)C. The standard InChI is InChI=1S/C21H30N4O5S/c1-8-11-15-16(29-21(5,6)28-15)14(25(11)19(27)30-20(2,3)4)10-9-22-13-12(10)23-18(31-7)24-17(13)26/h9,11,14-16,22H,8H2,1-7H3,(H,23,24,26)/t11-,14+,15-,16+/m1/s1. The largest absolute Gasteiger partial charge is 0.444 e. The highest BCUT2D eigenvalue weighted by molar-refractivity contribution is 7.98. The van der Waals surface area contributed by atoms with Gasteiger partial charge in [0.05, 0.1) is 12.1 Å². The van der Waals surface area contributed by atoms with Crippen LogP contribution in [0, 0.1) is 0 Å². The molecule has 2 aliphatic heterocycles. The van der Waals surface area contributed by atoms with Crippen molar-refractivity contribution in [2.24, 2.45) is 0 Å². The summed E-state index contributed by atoms with van der Waals surface area (Å²) < 4.78 is 18.3. The zero-order valence-electron chi connectivity index (χ0n) is 18.9. The first-order valence-corrected chi connectivity index (χ1v) is 11.7. The first kappa shape index (κ1) is 22.2. The molecule has 2 fully saturated rings. The van der Waals surface area contributed by atoms with Crippen LogP contribution in [0.1, 0.15) is 59.6 Å². The lowest BCUT2D eigenvalue weighted by Gasteiger charge is -2.35. The molecule has 4 atom stereocenters. The summed E-state index contributed by atoms with van der Waals surface area (Å²) in [5.41, 5.74) is 0.701. The predicted molar refractivity (Wildman–Crippen MR) is 117 cm³/mol. The normalized spacial score (nSPS) is 27.6. The Kier molecular flexibility index (Phi) is 5.38. The lowest BCUT2D eigenvalue weighted by molar-refractivity contribution is -0.167. The van der Waals surface area contributed by atoms with Gasteiger partial charge in [-0.2, -0.15) is 0 Å². The van der Waals surface area contributed by atoms with E-state index < -0.39 is 29.6 Å². The topological polar surface area (TPSA) is 110 Å². The number of amides is 1. The number of carbonyl (C=O) groups is 1. The summed E-state index contributed by atoms with van der Waals surface area (Å²) in [7, 11) is 0. The van der Waals surface area contributed by atoms with E-state index in [1.54, 1.807) is 11.1 Å². The summed E-state index contributed by atoms with van der Waals surface area (Å²) in [4.78, 5) is 38.0. The summed E-state index contributed by atoms with van der Waals surface area (Å²) in [6.07, 6.45) is 3.09. The first-order chi connectivity index (χ1) is 14.5. The fourth-order valence-electron chi connectivity index (χ4n) is 4.54. The third-order valence-corrected chi connectivity index (χ3v) is 6.17. The van der Waals surface area contributed by atoms with Crippen molar-refractivity contribution in [3.8, 4) is 0 Å². The molecule has 0 aliphatic carbocycles. The van der Waals surface area contributed by atoms with Gasteiger partial charge in [0.25, 0.3) is 5.56 Å². The Bertz CT molecular complexity index is 1060. The molecule has 4 heterocycles. The van der Waals surface area contributed by atoms with Crippen LogP contribution < -0.4 is 5.56 Å². The number of ether oxygens (including phenoxy) is 3. The van der Waals surface area contributed by atoms with Gasteiger partial charge in [-0.15, -0.1) is 0 Å². The van der Waals surface area contributed by atoms with Crippen molar-refractivity contribution in [2.45, 2.75) is 88.8 Å². The molecule has 0 bridgehead atoms. The molecule has 0 unspecified atom stereocenters. The van der Waals surface area contributed by atoms with Crippen molar-refractivity contribution in [2.75, 3.05) is 6.26 Å². The molecule has 1 amide bonds. The summed E-state index contributed by atoms with van der Waals surface area (Å²) in [6.45, 7) is 11.3. The molecular weight excluding hydrogens is 420 g/mol. The Labute approximate surface area is 185 Å². The van der Waals surface area contributed by atoms with Crippen LogP contribution >= 0.6 is 11.8 Å². The van der Waals surface area contributed by atoms with Crippen LogP contribution in [0.2, 0.25) is 0 Å². The van der Waals surface area contributed by atoms with Crippen LogP contribution in [0.5, 0.6) is 0 Å². The maximum absolute atomic E-state index is 13.3. The average molecular weight is 451 g/mol. The maximum Gasteiger partial charge on any atom is 0.411 e. The van der Waals surface area contributed by atoms with E-state index in [-0.39, 0.29) is 17.7 Å². The van der Waals surface area contributed by atoms with Crippen molar-refractivity contribution in [3.05, 3.63) is 22.1 Å². The van der Waals surface area contributed by atoms with Gasteiger partial charge in [0, 0.05) is 11.8 Å². The van der Waals surface area contributed by atoms with Crippen molar-refractivity contribution < 1.29 is 19.0 Å². The number of aromatic amines is 2. The summed E-state index contributed by atoms with van der Waals surface area (Å²) in [6, 6.07) is -0.747. The molecule has 2 aromatic heterocycles. The molecule has 2 saturated heterocycles. The number of hydrogen-bond acceptors (Lipinski definition) is 7. The van der Waals surface area contributed by atoms with Crippen LogP contribution in [0.4, 0.5) is 4.79 Å². The Hall–Kier alpha value is -2.04. The Balaban J connectivity index is 1.87. The fourth-order valence-corrected chi connectivity index (χ4v) is 4.91. The summed E-state index contributed by atoms with van der Waals surface area (Å²) in [5.74, 6) is -0.775. The van der Waals surface area contributed by atoms with Crippen LogP contribution in [0.15, 0.2) is 16.1 Å². The number of aromatic nitrogens is 3.